The summed E-state index contributed by atoms with van der Waals surface area (Å²) < 4.78 is 1.32. The second-order valence-electron chi connectivity index (χ2n) is 7.68. The molecule has 3 aromatic rings. The van der Waals surface area contributed by atoms with Crippen LogP contribution in [0, 0.1) is 12.8 Å². The van der Waals surface area contributed by atoms with E-state index in [1.165, 1.54) is 4.68 Å². The van der Waals surface area contributed by atoms with E-state index in [0.717, 1.165) is 29.5 Å². The number of benzene rings is 2. The van der Waals surface area contributed by atoms with Gasteiger partial charge in [-0.1, -0.05) is 48.5 Å². The van der Waals surface area contributed by atoms with Crippen LogP contribution in [-0.4, -0.2) is 26.6 Å². The van der Waals surface area contributed by atoms with Crippen LogP contribution >= 0.6 is 0 Å². The first kappa shape index (κ1) is 18.4. The molecule has 4 rings (SSSR count). The first-order valence-corrected chi connectivity index (χ1v) is 9.84. The van der Waals surface area contributed by atoms with Gasteiger partial charge in [0.25, 0.3) is 5.56 Å². The minimum Gasteiger partial charge on any atom is -0.334 e. The summed E-state index contributed by atoms with van der Waals surface area (Å²) in [6, 6.07) is 17.6. The molecule has 5 nitrogen and oxygen atoms in total. The molecule has 1 fully saturated rings. The van der Waals surface area contributed by atoms with E-state index in [-0.39, 0.29) is 24.1 Å². The van der Waals surface area contributed by atoms with Crippen molar-refractivity contribution in [2.24, 2.45) is 5.92 Å². The zero-order valence-electron chi connectivity index (χ0n) is 16.3. The predicted octanol–water partition coefficient (Wildman–Crippen LogP) is 3.53. The Hall–Kier alpha value is -2.95. The molecule has 1 aliphatic rings. The van der Waals surface area contributed by atoms with Crippen molar-refractivity contribution in [3.8, 4) is 0 Å². The van der Waals surface area contributed by atoms with Crippen LogP contribution in [0.25, 0.3) is 10.8 Å². The number of hydrogen-bond donors (Lipinski definition) is 0. The van der Waals surface area contributed by atoms with Crippen molar-refractivity contribution in [1.82, 2.24) is 14.7 Å². The maximum atomic E-state index is 13.2. The largest absolute Gasteiger partial charge is 0.334 e. The summed E-state index contributed by atoms with van der Waals surface area (Å²) >= 11 is 0. The number of rotatable bonds is 6. The molecular formula is C23H25N3O2. The molecule has 1 unspecified atom stereocenters. The summed E-state index contributed by atoms with van der Waals surface area (Å²) in [6.07, 6.45) is 2.32. The third-order valence-corrected chi connectivity index (χ3v) is 5.65. The normalized spacial score (nSPS) is 14.8. The van der Waals surface area contributed by atoms with E-state index in [0.29, 0.717) is 17.8 Å². The number of carbonyl (C=O) groups is 1. The van der Waals surface area contributed by atoms with Gasteiger partial charge in [-0.25, -0.2) is 4.68 Å². The summed E-state index contributed by atoms with van der Waals surface area (Å²) in [5.74, 6) is 0.489. The van der Waals surface area contributed by atoms with Crippen molar-refractivity contribution >= 4 is 16.7 Å². The van der Waals surface area contributed by atoms with Crippen LogP contribution in [0.3, 0.4) is 0 Å². The number of aromatic nitrogens is 2. The molecule has 1 aromatic heterocycles. The quantitative estimate of drug-likeness (QED) is 0.662. The van der Waals surface area contributed by atoms with E-state index >= 15 is 0 Å². The number of carbonyl (C=O) groups excluding carboxylic acids is 1. The van der Waals surface area contributed by atoms with E-state index in [1.54, 1.807) is 6.07 Å². The molecule has 0 N–H and O–H groups in total. The van der Waals surface area contributed by atoms with Gasteiger partial charge in [0, 0.05) is 18.0 Å². The number of fused-ring (bicyclic) bond motifs is 1. The fourth-order valence-corrected chi connectivity index (χ4v) is 3.80. The third-order valence-electron chi connectivity index (χ3n) is 5.65. The maximum Gasteiger partial charge on any atom is 0.275 e. The Labute approximate surface area is 164 Å². The fourth-order valence-electron chi connectivity index (χ4n) is 3.80. The van der Waals surface area contributed by atoms with Gasteiger partial charge in [-0.3, -0.25) is 9.59 Å². The Morgan fingerprint density at radius 3 is 2.43 bits per heavy atom. The first-order chi connectivity index (χ1) is 13.5. The first-order valence-electron chi connectivity index (χ1n) is 9.84. The van der Waals surface area contributed by atoms with Crippen molar-refractivity contribution in [2.75, 3.05) is 0 Å². The molecule has 1 atom stereocenters. The molecular weight excluding hydrogens is 350 g/mol. The van der Waals surface area contributed by atoms with Crippen molar-refractivity contribution < 1.29 is 4.79 Å². The van der Waals surface area contributed by atoms with Crippen LogP contribution in [0.1, 0.15) is 31.0 Å². The lowest BCUT2D eigenvalue weighted by Gasteiger charge is -2.30. The molecule has 2 aromatic carbocycles. The van der Waals surface area contributed by atoms with E-state index in [4.69, 9.17) is 0 Å². The minimum atomic E-state index is -0.215. The zero-order valence-corrected chi connectivity index (χ0v) is 16.3. The Kier molecular flexibility index (Phi) is 4.99. The van der Waals surface area contributed by atoms with Gasteiger partial charge in [0.1, 0.15) is 6.54 Å². The number of hydrogen-bond acceptors (Lipinski definition) is 3. The summed E-state index contributed by atoms with van der Waals surface area (Å²) in [7, 11) is 0. The molecule has 0 bridgehead atoms. The predicted molar refractivity (Wildman–Crippen MR) is 110 cm³/mol. The Morgan fingerprint density at radius 1 is 1.11 bits per heavy atom. The highest BCUT2D eigenvalue weighted by atomic mass is 16.2. The van der Waals surface area contributed by atoms with Crippen LogP contribution in [-0.2, 0) is 17.9 Å². The van der Waals surface area contributed by atoms with Crippen LogP contribution in [0.4, 0.5) is 0 Å². The fraction of sp³-hybridized carbons (Fsp3) is 0.348. The third kappa shape index (κ3) is 3.70. The molecule has 0 aliphatic heterocycles. The number of aryl methyl sites for hydroxylation is 1. The lowest BCUT2D eigenvalue weighted by molar-refractivity contribution is -0.135. The molecule has 1 amide bonds. The molecule has 0 spiro atoms. The smallest absolute Gasteiger partial charge is 0.275 e. The van der Waals surface area contributed by atoms with Crippen LogP contribution in [0.5, 0.6) is 0 Å². The highest BCUT2D eigenvalue weighted by Gasteiger charge is 2.34. The monoisotopic (exact) mass is 375 g/mol. The summed E-state index contributed by atoms with van der Waals surface area (Å²) in [4.78, 5) is 28.0. The summed E-state index contributed by atoms with van der Waals surface area (Å²) in [5.41, 5.74) is 1.64. The standard InChI is InChI=1S/C23H25N3O2/c1-16-20-10-6-7-11-21(20)23(28)26(24-16)15-22(27)25(17(2)19-12-13-19)14-18-8-4-3-5-9-18/h3-11,17,19H,12-15H2,1-2H3. The Bertz CT molecular complexity index is 1050. The molecule has 1 heterocycles. The van der Waals surface area contributed by atoms with E-state index in [2.05, 4.69) is 12.0 Å². The second kappa shape index (κ2) is 7.58. The highest BCUT2D eigenvalue weighted by molar-refractivity contribution is 5.83. The summed E-state index contributed by atoms with van der Waals surface area (Å²) in [6.45, 7) is 4.50. The van der Waals surface area contributed by atoms with Crippen molar-refractivity contribution in [1.29, 1.82) is 0 Å². The van der Waals surface area contributed by atoms with Gasteiger partial charge < -0.3 is 4.90 Å². The van der Waals surface area contributed by atoms with Crippen molar-refractivity contribution in [3.05, 3.63) is 76.2 Å². The van der Waals surface area contributed by atoms with Crippen LogP contribution < -0.4 is 5.56 Å². The van der Waals surface area contributed by atoms with Gasteiger partial charge >= 0.3 is 0 Å². The maximum absolute atomic E-state index is 13.2. The lowest BCUT2D eigenvalue weighted by Crippen LogP contribution is -2.43. The van der Waals surface area contributed by atoms with Crippen molar-refractivity contribution in [2.45, 2.75) is 45.8 Å². The van der Waals surface area contributed by atoms with Gasteiger partial charge in [0.15, 0.2) is 0 Å². The molecule has 28 heavy (non-hydrogen) atoms. The second-order valence-corrected chi connectivity index (χ2v) is 7.68. The van der Waals surface area contributed by atoms with E-state index in [1.807, 2.05) is 60.4 Å². The summed E-state index contributed by atoms with van der Waals surface area (Å²) in [5, 5.41) is 5.85. The van der Waals surface area contributed by atoms with Crippen LogP contribution in [0.2, 0.25) is 0 Å². The lowest BCUT2D eigenvalue weighted by atomic mass is 10.1. The molecule has 0 radical (unpaired) electrons. The SMILES string of the molecule is Cc1nn(CC(=O)N(Cc2ccccc2)C(C)C2CC2)c(=O)c2ccccc12. The molecule has 5 heteroatoms. The topological polar surface area (TPSA) is 55.2 Å². The molecule has 144 valence electrons. The van der Waals surface area contributed by atoms with Crippen LogP contribution in [0.15, 0.2) is 59.4 Å². The van der Waals surface area contributed by atoms with E-state index in [9.17, 15) is 9.59 Å². The minimum absolute atomic E-state index is 0.0333. The van der Waals surface area contributed by atoms with Gasteiger partial charge in [0.05, 0.1) is 11.1 Å². The van der Waals surface area contributed by atoms with Gasteiger partial charge in [-0.05, 0) is 44.2 Å². The van der Waals surface area contributed by atoms with Gasteiger partial charge in [0.2, 0.25) is 5.91 Å². The highest BCUT2D eigenvalue weighted by Crippen LogP contribution is 2.35. The molecule has 0 saturated heterocycles. The van der Waals surface area contributed by atoms with E-state index < -0.39 is 0 Å². The average molecular weight is 375 g/mol. The number of amides is 1. The zero-order chi connectivity index (χ0) is 19.7. The Balaban J connectivity index is 1.63. The van der Waals surface area contributed by atoms with Gasteiger partial charge in [-0.2, -0.15) is 5.10 Å². The van der Waals surface area contributed by atoms with Gasteiger partial charge in [-0.15, -0.1) is 0 Å². The average Bonchev–Trinajstić information content (AvgIpc) is 3.56. The molecule has 1 saturated carbocycles. The Morgan fingerprint density at radius 2 is 1.75 bits per heavy atom. The van der Waals surface area contributed by atoms with Crippen molar-refractivity contribution in [3.63, 3.8) is 0 Å². The number of nitrogens with zero attached hydrogens (tertiary/aromatic N) is 3. The molecule has 1 aliphatic carbocycles.